The number of hydrogen-bond donors (Lipinski definition) is 1. The van der Waals surface area contributed by atoms with Gasteiger partial charge < -0.3 is 5.11 Å². The molecule has 1 aliphatic heterocycles. The van der Waals surface area contributed by atoms with Crippen LogP contribution in [0.2, 0.25) is 0 Å². The van der Waals surface area contributed by atoms with Gasteiger partial charge in [0.1, 0.15) is 6.54 Å². The van der Waals surface area contributed by atoms with Crippen molar-refractivity contribution in [3.8, 4) is 0 Å². The number of anilines is 1. The van der Waals surface area contributed by atoms with Gasteiger partial charge in [-0.1, -0.05) is 13.0 Å². The molecule has 1 aromatic carbocycles. The lowest BCUT2D eigenvalue weighted by Gasteiger charge is -2.17. The van der Waals surface area contributed by atoms with Crippen molar-refractivity contribution in [2.75, 3.05) is 29.5 Å². The van der Waals surface area contributed by atoms with Crippen molar-refractivity contribution in [1.29, 1.82) is 0 Å². The van der Waals surface area contributed by atoms with Gasteiger partial charge in [-0.25, -0.2) is 9.59 Å². The minimum atomic E-state index is -1.06. The number of aromatic carboxylic acids is 1. The summed E-state index contributed by atoms with van der Waals surface area (Å²) in [4.78, 5) is 37.7. The topological polar surface area (TPSA) is 77.9 Å². The Labute approximate surface area is 126 Å². The van der Waals surface area contributed by atoms with Gasteiger partial charge >= 0.3 is 12.0 Å². The lowest BCUT2D eigenvalue weighted by Crippen LogP contribution is -2.34. The van der Waals surface area contributed by atoms with Crippen LogP contribution >= 0.6 is 11.8 Å². The van der Waals surface area contributed by atoms with E-state index in [1.807, 2.05) is 6.92 Å². The third-order valence-corrected chi connectivity index (χ3v) is 4.00. The second kappa shape index (κ2) is 6.62. The Morgan fingerprint density at radius 3 is 2.81 bits per heavy atom. The van der Waals surface area contributed by atoms with Crippen LogP contribution in [-0.2, 0) is 4.79 Å². The molecule has 0 radical (unpaired) electrons. The Morgan fingerprint density at radius 2 is 2.14 bits per heavy atom. The Morgan fingerprint density at radius 1 is 1.38 bits per heavy atom. The van der Waals surface area contributed by atoms with Gasteiger partial charge in [-0.15, -0.1) is 0 Å². The van der Waals surface area contributed by atoms with Crippen molar-refractivity contribution in [1.82, 2.24) is 4.90 Å². The van der Waals surface area contributed by atoms with Gasteiger partial charge in [0.2, 0.25) is 0 Å². The first-order chi connectivity index (χ1) is 10.0. The number of carboxylic acids is 1. The predicted octanol–water partition coefficient (Wildman–Crippen LogP) is 1.91. The highest BCUT2D eigenvalue weighted by atomic mass is 32.2. The Bertz CT molecular complexity index is 576. The van der Waals surface area contributed by atoms with Crippen LogP contribution in [0.5, 0.6) is 0 Å². The highest BCUT2D eigenvalue weighted by Gasteiger charge is 2.36. The first-order valence-corrected chi connectivity index (χ1v) is 7.73. The quantitative estimate of drug-likeness (QED) is 0.641. The monoisotopic (exact) mass is 308 g/mol. The van der Waals surface area contributed by atoms with Gasteiger partial charge in [0, 0.05) is 18.0 Å². The fourth-order valence-corrected chi connectivity index (χ4v) is 2.67. The fraction of sp³-hybridized carbons (Fsp3) is 0.357. The highest BCUT2D eigenvalue weighted by molar-refractivity contribution is 7.99. The summed E-state index contributed by atoms with van der Waals surface area (Å²) >= 11 is 1.66. The summed E-state index contributed by atoms with van der Waals surface area (Å²) in [7, 11) is 0. The Balaban J connectivity index is 2.15. The number of carbonyl (C=O) groups excluding carboxylic acids is 2. The van der Waals surface area contributed by atoms with Crippen LogP contribution in [0.4, 0.5) is 10.5 Å². The molecule has 1 saturated heterocycles. The SMILES string of the molecule is CCSCCN1C(=O)CN(c2cccc(C(=O)O)c2)C1=O. The number of rotatable bonds is 6. The number of thioether (sulfide) groups is 1. The first-order valence-electron chi connectivity index (χ1n) is 6.57. The number of carboxylic acid groups (broad SMARTS) is 1. The zero-order valence-corrected chi connectivity index (χ0v) is 12.4. The number of urea groups is 1. The van der Waals surface area contributed by atoms with Gasteiger partial charge in [-0.3, -0.25) is 14.6 Å². The van der Waals surface area contributed by atoms with E-state index in [9.17, 15) is 14.4 Å². The molecule has 0 spiro atoms. The lowest BCUT2D eigenvalue weighted by molar-refractivity contribution is -0.124. The zero-order chi connectivity index (χ0) is 15.4. The van der Waals surface area contributed by atoms with Crippen molar-refractivity contribution < 1.29 is 19.5 Å². The maximum atomic E-state index is 12.3. The van der Waals surface area contributed by atoms with E-state index in [0.29, 0.717) is 18.0 Å². The molecule has 112 valence electrons. The average molecular weight is 308 g/mol. The van der Waals surface area contributed by atoms with Crippen LogP contribution in [0.1, 0.15) is 17.3 Å². The van der Waals surface area contributed by atoms with Gasteiger partial charge in [-0.05, 0) is 24.0 Å². The molecule has 7 heteroatoms. The molecule has 0 aliphatic carbocycles. The molecular formula is C14H16N2O4S. The molecule has 0 atom stereocenters. The molecule has 0 bridgehead atoms. The maximum absolute atomic E-state index is 12.3. The van der Waals surface area contributed by atoms with Gasteiger partial charge in [-0.2, -0.15) is 11.8 Å². The first kappa shape index (κ1) is 15.4. The summed E-state index contributed by atoms with van der Waals surface area (Å²) in [5.74, 6) is 0.320. The third kappa shape index (κ3) is 3.36. The molecule has 1 aliphatic rings. The van der Waals surface area contributed by atoms with E-state index in [-0.39, 0.29) is 24.0 Å². The largest absolute Gasteiger partial charge is 0.478 e. The van der Waals surface area contributed by atoms with Gasteiger partial charge in [0.25, 0.3) is 5.91 Å². The number of benzene rings is 1. The normalized spacial score (nSPS) is 14.9. The van der Waals surface area contributed by atoms with E-state index >= 15 is 0 Å². The summed E-state index contributed by atoms with van der Waals surface area (Å²) in [6.45, 7) is 2.35. The molecule has 6 nitrogen and oxygen atoms in total. The van der Waals surface area contributed by atoms with E-state index < -0.39 is 5.97 Å². The van der Waals surface area contributed by atoms with Gasteiger partial charge in [0.15, 0.2) is 0 Å². The van der Waals surface area contributed by atoms with Crippen LogP contribution in [0, 0.1) is 0 Å². The van der Waals surface area contributed by atoms with Crippen molar-refractivity contribution in [3.63, 3.8) is 0 Å². The maximum Gasteiger partial charge on any atom is 0.335 e. The predicted molar refractivity (Wildman–Crippen MR) is 80.9 cm³/mol. The summed E-state index contributed by atoms with van der Waals surface area (Å²) in [5.41, 5.74) is 0.520. The van der Waals surface area contributed by atoms with E-state index in [4.69, 9.17) is 5.11 Å². The second-order valence-electron chi connectivity index (χ2n) is 4.47. The van der Waals surface area contributed by atoms with Crippen molar-refractivity contribution >= 4 is 35.4 Å². The lowest BCUT2D eigenvalue weighted by atomic mass is 10.2. The van der Waals surface area contributed by atoms with E-state index in [1.54, 1.807) is 23.9 Å². The van der Waals surface area contributed by atoms with Crippen LogP contribution < -0.4 is 4.90 Å². The summed E-state index contributed by atoms with van der Waals surface area (Å²) in [5, 5.41) is 8.98. The summed E-state index contributed by atoms with van der Waals surface area (Å²) in [6.07, 6.45) is 0. The molecule has 1 heterocycles. The minimum Gasteiger partial charge on any atom is -0.478 e. The van der Waals surface area contributed by atoms with Crippen molar-refractivity contribution in [3.05, 3.63) is 29.8 Å². The van der Waals surface area contributed by atoms with Crippen molar-refractivity contribution in [2.45, 2.75) is 6.92 Å². The molecular weight excluding hydrogens is 292 g/mol. The molecule has 1 N–H and O–H groups in total. The number of carbonyl (C=O) groups is 3. The molecule has 21 heavy (non-hydrogen) atoms. The van der Waals surface area contributed by atoms with Crippen LogP contribution in [0.15, 0.2) is 24.3 Å². The van der Waals surface area contributed by atoms with E-state index in [0.717, 1.165) is 5.75 Å². The summed E-state index contributed by atoms with van der Waals surface area (Å²) < 4.78 is 0. The minimum absolute atomic E-state index is 0.0430. The molecule has 0 unspecified atom stereocenters. The van der Waals surface area contributed by atoms with Crippen molar-refractivity contribution in [2.24, 2.45) is 0 Å². The molecule has 1 fully saturated rings. The number of hydrogen-bond acceptors (Lipinski definition) is 4. The molecule has 1 aromatic rings. The van der Waals surface area contributed by atoms with Crippen LogP contribution in [0.3, 0.4) is 0 Å². The smallest absolute Gasteiger partial charge is 0.335 e. The van der Waals surface area contributed by atoms with Crippen LogP contribution in [0.25, 0.3) is 0 Å². The van der Waals surface area contributed by atoms with Gasteiger partial charge in [0.05, 0.1) is 5.56 Å². The number of imide groups is 1. The third-order valence-electron chi connectivity index (χ3n) is 3.12. The number of nitrogens with zero attached hydrogens (tertiary/aromatic N) is 2. The Hall–Kier alpha value is -2.02. The molecule has 2 rings (SSSR count). The molecule has 3 amide bonds. The number of amides is 3. The molecule has 0 aromatic heterocycles. The van der Waals surface area contributed by atoms with E-state index in [2.05, 4.69) is 0 Å². The van der Waals surface area contributed by atoms with E-state index in [1.165, 1.54) is 21.9 Å². The Kier molecular flexibility index (Phi) is 4.85. The average Bonchev–Trinajstić information content (AvgIpc) is 2.75. The fourth-order valence-electron chi connectivity index (χ4n) is 2.07. The zero-order valence-electron chi connectivity index (χ0n) is 11.6. The molecule has 0 saturated carbocycles. The summed E-state index contributed by atoms with van der Waals surface area (Å²) in [6, 6.07) is 5.65. The second-order valence-corrected chi connectivity index (χ2v) is 5.86. The highest BCUT2D eigenvalue weighted by Crippen LogP contribution is 2.22. The standard InChI is InChI=1S/C14H16N2O4S/c1-2-21-7-6-15-12(17)9-16(14(15)20)11-5-3-4-10(8-11)13(18)19/h3-5,8H,2,6-7,9H2,1H3,(H,18,19). The van der Waals surface area contributed by atoms with Crippen LogP contribution in [-0.4, -0.2) is 52.5 Å².